The fraction of sp³-hybridized carbons (Fsp3) is 0.400. The summed E-state index contributed by atoms with van der Waals surface area (Å²) in [4.78, 5) is 16.1. The zero-order chi connectivity index (χ0) is 18.6. The molecule has 1 atom stereocenters. The van der Waals surface area contributed by atoms with E-state index >= 15 is 0 Å². The van der Waals surface area contributed by atoms with Crippen LogP contribution in [0.2, 0.25) is 0 Å². The number of hydrogen-bond donors (Lipinski definition) is 1. The summed E-state index contributed by atoms with van der Waals surface area (Å²) in [5.41, 5.74) is 3.28. The van der Waals surface area contributed by atoms with Crippen molar-refractivity contribution in [2.45, 2.75) is 32.2 Å². The minimum absolute atomic E-state index is 0.422. The van der Waals surface area contributed by atoms with Crippen molar-refractivity contribution < 1.29 is 0 Å². The normalized spacial score (nSPS) is 17.8. The summed E-state index contributed by atoms with van der Waals surface area (Å²) in [5, 5.41) is 7.48. The van der Waals surface area contributed by atoms with E-state index in [1.165, 1.54) is 12.1 Å². The zero-order valence-electron chi connectivity index (χ0n) is 15.8. The zero-order valence-corrected chi connectivity index (χ0v) is 15.8. The van der Waals surface area contributed by atoms with Gasteiger partial charge in [0.25, 0.3) is 0 Å². The van der Waals surface area contributed by atoms with Crippen molar-refractivity contribution in [3.8, 4) is 0 Å². The largest absolute Gasteiger partial charge is 0.324 e. The molecule has 0 amide bonds. The smallest absolute Gasteiger partial charge is 0.150 e. The van der Waals surface area contributed by atoms with Crippen LogP contribution in [0, 0.1) is 6.92 Å². The molecular weight excluding hydrogens is 338 g/mol. The molecule has 4 heterocycles. The van der Waals surface area contributed by atoms with Crippen LogP contribution >= 0.6 is 0 Å². The third-order valence-corrected chi connectivity index (χ3v) is 5.05. The van der Waals surface area contributed by atoms with Gasteiger partial charge in [-0.05, 0) is 44.5 Å². The molecule has 7 nitrogen and oxygen atoms in total. The summed E-state index contributed by atoms with van der Waals surface area (Å²) in [5.74, 6) is 1.93. The molecule has 1 saturated heterocycles. The van der Waals surface area contributed by atoms with Gasteiger partial charge in [-0.15, -0.1) is 0 Å². The van der Waals surface area contributed by atoms with Gasteiger partial charge in [0, 0.05) is 37.9 Å². The molecule has 4 rings (SSSR count). The molecule has 0 saturated carbocycles. The van der Waals surface area contributed by atoms with Gasteiger partial charge in [0.1, 0.15) is 11.6 Å². The molecule has 1 aliphatic rings. The van der Waals surface area contributed by atoms with Crippen LogP contribution in [0.5, 0.6) is 0 Å². The first-order valence-electron chi connectivity index (χ1n) is 9.39. The average Bonchev–Trinajstić information content (AvgIpc) is 3.07. The minimum Gasteiger partial charge on any atom is -0.324 e. The molecule has 3 aromatic heterocycles. The van der Waals surface area contributed by atoms with Crippen molar-refractivity contribution in [1.29, 1.82) is 0 Å². The van der Waals surface area contributed by atoms with Gasteiger partial charge in [-0.25, -0.2) is 9.97 Å². The van der Waals surface area contributed by atoms with Crippen molar-refractivity contribution in [2.75, 3.05) is 18.4 Å². The molecule has 1 aliphatic heterocycles. The maximum Gasteiger partial charge on any atom is 0.150 e. The van der Waals surface area contributed by atoms with Gasteiger partial charge in [-0.3, -0.25) is 14.6 Å². The highest BCUT2D eigenvalue weighted by Crippen LogP contribution is 2.26. The van der Waals surface area contributed by atoms with Crippen molar-refractivity contribution in [2.24, 2.45) is 7.05 Å². The topological polar surface area (TPSA) is 71.8 Å². The number of piperidine rings is 1. The van der Waals surface area contributed by atoms with Gasteiger partial charge in [0.15, 0.2) is 0 Å². The number of anilines is 2. The van der Waals surface area contributed by atoms with Gasteiger partial charge >= 0.3 is 0 Å². The lowest BCUT2D eigenvalue weighted by Gasteiger charge is -2.32. The molecule has 0 spiro atoms. The summed E-state index contributed by atoms with van der Waals surface area (Å²) in [7, 11) is 2.00. The van der Waals surface area contributed by atoms with E-state index < -0.39 is 0 Å². The standard InChI is InChI=1S/C20H25N7/c1-15-5-3-7-19(24-15)25-20-12-21-18(11-22-20)16-6-4-10-27(13-16)14-17-8-9-23-26(17)2/h3,5,7-9,11-12,16H,4,6,10,13-14H2,1-2H3,(H,22,24,25)/t16-/m0/s1. The Kier molecular flexibility index (Phi) is 5.11. The number of likely N-dealkylation sites (tertiary alicyclic amines) is 1. The van der Waals surface area contributed by atoms with Gasteiger partial charge in [0.05, 0.1) is 23.8 Å². The Labute approximate surface area is 159 Å². The minimum atomic E-state index is 0.422. The van der Waals surface area contributed by atoms with Crippen LogP contribution in [0.4, 0.5) is 11.6 Å². The molecule has 0 bridgehead atoms. The molecule has 1 fully saturated rings. The first-order valence-corrected chi connectivity index (χ1v) is 9.39. The predicted molar refractivity (Wildman–Crippen MR) is 105 cm³/mol. The van der Waals surface area contributed by atoms with E-state index in [9.17, 15) is 0 Å². The number of nitrogens with one attached hydrogen (secondary N) is 1. The van der Waals surface area contributed by atoms with Crippen LogP contribution in [-0.4, -0.2) is 42.7 Å². The lowest BCUT2D eigenvalue weighted by Crippen LogP contribution is -2.34. The quantitative estimate of drug-likeness (QED) is 0.751. The van der Waals surface area contributed by atoms with Gasteiger partial charge in [-0.1, -0.05) is 6.07 Å². The first kappa shape index (κ1) is 17.6. The number of aromatic nitrogens is 5. The average molecular weight is 363 g/mol. The highest BCUT2D eigenvalue weighted by atomic mass is 15.3. The van der Waals surface area contributed by atoms with Gasteiger partial charge < -0.3 is 5.32 Å². The van der Waals surface area contributed by atoms with Crippen LogP contribution < -0.4 is 5.32 Å². The third-order valence-electron chi connectivity index (χ3n) is 5.05. The predicted octanol–water partition coefficient (Wildman–Crippen LogP) is 3.04. The molecule has 3 aromatic rings. The molecule has 1 N–H and O–H groups in total. The lowest BCUT2D eigenvalue weighted by atomic mass is 9.95. The number of aryl methyl sites for hydroxylation is 2. The Bertz CT molecular complexity index is 887. The van der Waals surface area contributed by atoms with Gasteiger partial charge in [0.2, 0.25) is 0 Å². The highest BCUT2D eigenvalue weighted by Gasteiger charge is 2.23. The van der Waals surface area contributed by atoms with E-state index in [-0.39, 0.29) is 0 Å². The van der Waals surface area contributed by atoms with E-state index in [1.54, 1.807) is 6.20 Å². The monoisotopic (exact) mass is 363 g/mol. The Morgan fingerprint density at radius 1 is 1.15 bits per heavy atom. The van der Waals surface area contributed by atoms with Crippen molar-refractivity contribution >= 4 is 11.6 Å². The van der Waals surface area contributed by atoms with Crippen LogP contribution in [0.1, 0.15) is 35.8 Å². The first-order chi connectivity index (χ1) is 13.2. The van der Waals surface area contributed by atoms with E-state index in [1.807, 2.05) is 49.2 Å². The molecule has 0 aromatic carbocycles. The van der Waals surface area contributed by atoms with Crippen LogP contribution in [0.25, 0.3) is 0 Å². The Morgan fingerprint density at radius 2 is 2.07 bits per heavy atom. The van der Waals surface area contributed by atoms with Crippen molar-refractivity contribution in [1.82, 2.24) is 29.6 Å². The number of nitrogens with zero attached hydrogens (tertiary/aromatic N) is 6. The Morgan fingerprint density at radius 3 is 2.81 bits per heavy atom. The SMILES string of the molecule is Cc1cccc(Nc2cnc([C@H]3CCCN(Cc4ccnn4C)C3)cn2)n1. The van der Waals surface area contributed by atoms with E-state index in [0.29, 0.717) is 5.92 Å². The molecule has 0 radical (unpaired) electrons. The Balaban J connectivity index is 1.40. The molecule has 140 valence electrons. The molecule has 27 heavy (non-hydrogen) atoms. The maximum absolute atomic E-state index is 4.67. The van der Waals surface area contributed by atoms with E-state index in [2.05, 4.69) is 36.3 Å². The number of pyridine rings is 1. The fourth-order valence-corrected chi connectivity index (χ4v) is 3.58. The summed E-state index contributed by atoms with van der Waals surface area (Å²) in [6.07, 6.45) is 7.90. The Hall–Kier alpha value is -2.80. The van der Waals surface area contributed by atoms with E-state index in [0.717, 1.165) is 49.1 Å². The second-order valence-corrected chi connectivity index (χ2v) is 7.14. The second-order valence-electron chi connectivity index (χ2n) is 7.14. The van der Waals surface area contributed by atoms with Crippen molar-refractivity contribution in [3.05, 3.63) is 59.9 Å². The van der Waals surface area contributed by atoms with E-state index in [4.69, 9.17) is 0 Å². The van der Waals surface area contributed by atoms with Crippen LogP contribution in [0.15, 0.2) is 42.9 Å². The summed E-state index contributed by atoms with van der Waals surface area (Å²) >= 11 is 0. The third kappa shape index (κ3) is 4.31. The fourth-order valence-electron chi connectivity index (χ4n) is 3.58. The van der Waals surface area contributed by atoms with Crippen LogP contribution in [0.3, 0.4) is 0 Å². The summed E-state index contributed by atoms with van der Waals surface area (Å²) in [6.45, 7) is 5.03. The van der Waals surface area contributed by atoms with Crippen LogP contribution in [-0.2, 0) is 13.6 Å². The molecule has 7 heteroatoms. The summed E-state index contributed by atoms with van der Waals surface area (Å²) in [6, 6.07) is 7.97. The van der Waals surface area contributed by atoms with Crippen molar-refractivity contribution in [3.63, 3.8) is 0 Å². The summed E-state index contributed by atoms with van der Waals surface area (Å²) < 4.78 is 1.95. The molecule has 0 aliphatic carbocycles. The molecule has 0 unspecified atom stereocenters. The number of hydrogen-bond acceptors (Lipinski definition) is 6. The molecular formula is C20H25N7. The maximum atomic E-state index is 4.67. The lowest BCUT2D eigenvalue weighted by molar-refractivity contribution is 0.194. The van der Waals surface area contributed by atoms with Gasteiger partial charge in [-0.2, -0.15) is 5.10 Å². The number of rotatable bonds is 5. The highest BCUT2D eigenvalue weighted by molar-refractivity contribution is 5.50. The second kappa shape index (κ2) is 7.84.